The highest BCUT2D eigenvalue weighted by Gasteiger charge is 2.36. The first-order valence-corrected chi connectivity index (χ1v) is 6.66. The van der Waals surface area contributed by atoms with Crippen LogP contribution in [0.1, 0.15) is 5.82 Å². The quantitative estimate of drug-likeness (QED) is 0.852. The Bertz CT molecular complexity index is 474. The molecule has 1 saturated heterocycles. The molecular weight excluding hydrogens is 287 g/mol. The normalized spacial score (nSPS) is 17.1. The molecule has 0 atom stereocenters. The van der Waals surface area contributed by atoms with Crippen LogP contribution in [0.15, 0.2) is 6.07 Å². The van der Waals surface area contributed by atoms with Gasteiger partial charge in [-0.1, -0.05) is 0 Å². The number of rotatable bonds is 4. The van der Waals surface area contributed by atoms with E-state index in [-0.39, 0.29) is 18.2 Å². The van der Waals surface area contributed by atoms with E-state index in [9.17, 15) is 13.2 Å². The second kappa shape index (κ2) is 6.44. The van der Waals surface area contributed by atoms with Gasteiger partial charge in [-0.3, -0.25) is 4.90 Å². The predicted molar refractivity (Wildman–Crippen MR) is 72.3 cm³/mol. The van der Waals surface area contributed by atoms with Crippen LogP contribution in [0.4, 0.5) is 24.8 Å². The largest absolute Gasteiger partial charge is 0.451 e. The van der Waals surface area contributed by atoms with Crippen molar-refractivity contribution in [1.82, 2.24) is 14.9 Å². The number of halogens is 3. The van der Waals surface area contributed by atoms with E-state index in [1.165, 1.54) is 13.1 Å². The molecule has 0 radical (unpaired) electrons. The van der Waals surface area contributed by atoms with Crippen molar-refractivity contribution in [3.05, 3.63) is 11.9 Å². The van der Waals surface area contributed by atoms with Crippen molar-refractivity contribution in [1.29, 1.82) is 0 Å². The van der Waals surface area contributed by atoms with E-state index >= 15 is 0 Å². The first kappa shape index (κ1) is 15.8. The molecule has 0 spiro atoms. The predicted octanol–water partition coefficient (Wildman–Crippen LogP) is 0.651. The number of aromatic nitrogens is 2. The SMILES string of the molecule is CNc1cc(N2CCN(CCO)CC2)nc(C(F)(F)F)n1. The van der Waals surface area contributed by atoms with Crippen molar-refractivity contribution in [3.8, 4) is 0 Å². The van der Waals surface area contributed by atoms with Crippen LogP contribution in [-0.2, 0) is 6.18 Å². The summed E-state index contributed by atoms with van der Waals surface area (Å²) in [5, 5.41) is 11.5. The molecule has 0 aromatic carbocycles. The van der Waals surface area contributed by atoms with Crippen LogP contribution in [0.5, 0.6) is 0 Å². The Hall–Kier alpha value is -1.61. The molecule has 2 heterocycles. The Morgan fingerprint density at radius 2 is 1.90 bits per heavy atom. The zero-order chi connectivity index (χ0) is 15.5. The molecular formula is C12H18F3N5O. The standard InChI is InChI=1S/C12H18F3N5O/c1-16-9-8-10(18-11(17-9)12(13,14)15)20-4-2-19(3-5-20)6-7-21/h8,21H,2-7H2,1H3,(H,16,17,18). The second-order valence-electron chi connectivity index (χ2n) is 4.74. The van der Waals surface area contributed by atoms with Crippen LogP contribution in [-0.4, -0.2) is 66.4 Å². The Balaban J connectivity index is 2.16. The van der Waals surface area contributed by atoms with Crippen molar-refractivity contribution in [3.63, 3.8) is 0 Å². The summed E-state index contributed by atoms with van der Waals surface area (Å²) in [6.07, 6.45) is -4.57. The summed E-state index contributed by atoms with van der Waals surface area (Å²) in [6, 6.07) is 1.51. The second-order valence-corrected chi connectivity index (χ2v) is 4.74. The lowest BCUT2D eigenvalue weighted by molar-refractivity contribution is -0.144. The van der Waals surface area contributed by atoms with Gasteiger partial charge in [0.2, 0.25) is 5.82 Å². The zero-order valence-corrected chi connectivity index (χ0v) is 11.7. The van der Waals surface area contributed by atoms with E-state index in [2.05, 4.69) is 20.2 Å². The van der Waals surface area contributed by atoms with Crippen LogP contribution in [0.25, 0.3) is 0 Å². The van der Waals surface area contributed by atoms with Crippen LogP contribution >= 0.6 is 0 Å². The van der Waals surface area contributed by atoms with Gasteiger partial charge in [0, 0.05) is 45.8 Å². The molecule has 21 heavy (non-hydrogen) atoms. The molecule has 1 aliphatic heterocycles. The lowest BCUT2D eigenvalue weighted by Gasteiger charge is -2.35. The summed E-state index contributed by atoms with van der Waals surface area (Å²) in [5.74, 6) is -0.724. The van der Waals surface area contributed by atoms with Crippen molar-refractivity contribution >= 4 is 11.6 Å². The number of nitrogens with one attached hydrogen (secondary N) is 1. The number of alkyl halides is 3. The lowest BCUT2D eigenvalue weighted by atomic mass is 10.3. The fraction of sp³-hybridized carbons (Fsp3) is 0.667. The van der Waals surface area contributed by atoms with Crippen molar-refractivity contribution < 1.29 is 18.3 Å². The third-order valence-corrected chi connectivity index (χ3v) is 3.33. The molecule has 0 saturated carbocycles. The van der Waals surface area contributed by atoms with Crippen LogP contribution in [0.2, 0.25) is 0 Å². The van der Waals surface area contributed by atoms with E-state index in [4.69, 9.17) is 5.11 Å². The molecule has 6 nitrogen and oxygen atoms in total. The zero-order valence-electron chi connectivity index (χ0n) is 11.7. The topological polar surface area (TPSA) is 64.5 Å². The highest BCUT2D eigenvalue weighted by atomic mass is 19.4. The van der Waals surface area contributed by atoms with Crippen LogP contribution in [0, 0.1) is 0 Å². The van der Waals surface area contributed by atoms with E-state index in [0.717, 1.165) is 0 Å². The minimum Gasteiger partial charge on any atom is -0.395 e. The number of anilines is 2. The van der Waals surface area contributed by atoms with E-state index < -0.39 is 12.0 Å². The maximum Gasteiger partial charge on any atom is 0.451 e. The van der Waals surface area contributed by atoms with Crippen molar-refractivity contribution in [2.24, 2.45) is 0 Å². The molecule has 9 heteroatoms. The van der Waals surface area contributed by atoms with Gasteiger partial charge in [0.1, 0.15) is 11.6 Å². The molecule has 0 amide bonds. The lowest BCUT2D eigenvalue weighted by Crippen LogP contribution is -2.47. The Morgan fingerprint density at radius 1 is 1.24 bits per heavy atom. The van der Waals surface area contributed by atoms with Crippen LogP contribution < -0.4 is 10.2 Å². The summed E-state index contributed by atoms with van der Waals surface area (Å²) in [6.45, 7) is 3.15. The summed E-state index contributed by atoms with van der Waals surface area (Å²) in [7, 11) is 1.52. The minimum atomic E-state index is -4.57. The summed E-state index contributed by atoms with van der Waals surface area (Å²) < 4.78 is 38.4. The average molecular weight is 305 g/mol. The first-order valence-electron chi connectivity index (χ1n) is 6.66. The highest BCUT2D eigenvalue weighted by molar-refractivity contribution is 5.49. The minimum absolute atomic E-state index is 0.0790. The number of aliphatic hydroxyl groups excluding tert-OH is 1. The Labute approximate surface area is 120 Å². The molecule has 0 unspecified atom stereocenters. The highest BCUT2D eigenvalue weighted by Crippen LogP contribution is 2.29. The molecule has 0 bridgehead atoms. The number of β-amino-alcohol motifs (C(OH)–C–C–N with tert-alkyl or cyclic N) is 1. The molecule has 2 rings (SSSR count). The monoisotopic (exact) mass is 305 g/mol. The number of hydrogen-bond acceptors (Lipinski definition) is 6. The fourth-order valence-corrected chi connectivity index (χ4v) is 2.19. The molecule has 0 aliphatic carbocycles. The van der Waals surface area contributed by atoms with E-state index in [1.54, 1.807) is 4.90 Å². The first-order chi connectivity index (χ1) is 9.94. The number of piperazine rings is 1. The maximum absolute atomic E-state index is 12.8. The Kier molecular flexibility index (Phi) is 4.84. The smallest absolute Gasteiger partial charge is 0.395 e. The van der Waals surface area contributed by atoms with E-state index in [0.29, 0.717) is 32.7 Å². The third kappa shape index (κ3) is 3.94. The Morgan fingerprint density at radius 3 is 2.43 bits per heavy atom. The van der Waals surface area contributed by atoms with Gasteiger partial charge in [0.15, 0.2) is 0 Å². The summed E-state index contributed by atoms with van der Waals surface area (Å²) in [5.41, 5.74) is 0. The van der Waals surface area contributed by atoms with Gasteiger partial charge in [-0.2, -0.15) is 13.2 Å². The molecule has 2 N–H and O–H groups in total. The molecule has 1 aromatic rings. The number of nitrogens with zero attached hydrogens (tertiary/aromatic N) is 4. The van der Waals surface area contributed by atoms with Crippen molar-refractivity contribution in [2.45, 2.75) is 6.18 Å². The maximum atomic E-state index is 12.8. The van der Waals surface area contributed by atoms with Gasteiger partial charge >= 0.3 is 6.18 Å². The van der Waals surface area contributed by atoms with Gasteiger partial charge < -0.3 is 15.3 Å². The number of aliphatic hydroxyl groups is 1. The number of hydrogen-bond donors (Lipinski definition) is 2. The molecule has 1 fully saturated rings. The van der Waals surface area contributed by atoms with E-state index in [1.807, 2.05) is 0 Å². The van der Waals surface area contributed by atoms with Gasteiger partial charge in [0.05, 0.1) is 6.61 Å². The summed E-state index contributed by atoms with van der Waals surface area (Å²) in [4.78, 5) is 10.9. The third-order valence-electron chi connectivity index (χ3n) is 3.33. The molecule has 1 aromatic heterocycles. The van der Waals surface area contributed by atoms with Crippen LogP contribution in [0.3, 0.4) is 0 Å². The van der Waals surface area contributed by atoms with Gasteiger partial charge in [-0.05, 0) is 0 Å². The fourth-order valence-electron chi connectivity index (χ4n) is 2.19. The molecule has 118 valence electrons. The van der Waals surface area contributed by atoms with Crippen molar-refractivity contribution in [2.75, 3.05) is 56.6 Å². The van der Waals surface area contributed by atoms with Gasteiger partial charge in [-0.25, -0.2) is 9.97 Å². The molecule has 1 aliphatic rings. The van der Waals surface area contributed by atoms with Gasteiger partial charge in [0.25, 0.3) is 0 Å². The van der Waals surface area contributed by atoms with Gasteiger partial charge in [-0.15, -0.1) is 0 Å². The summed E-state index contributed by atoms with van der Waals surface area (Å²) >= 11 is 0. The average Bonchev–Trinajstić information content (AvgIpc) is 2.47.